The number of rotatable bonds is 18. The second-order valence-corrected chi connectivity index (χ2v) is 47.9. The van der Waals surface area contributed by atoms with Crippen LogP contribution in [0.1, 0.15) is 284 Å². The van der Waals surface area contributed by atoms with Crippen LogP contribution in [0.25, 0.3) is 0 Å². The lowest BCUT2D eigenvalue weighted by molar-refractivity contribution is -0.328. The van der Waals surface area contributed by atoms with Crippen LogP contribution in [0.4, 0.5) is 0 Å². The molecule has 26 heteroatoms. The van der Waals surface area contributed by atoms with Gasteiger partial charge in [-0.15, -0.1) is 0 Å². The van der Waals surface area contributed by atoms with E-state index in [1.807, 2.05) is 101 Å². The Hall–Kier alpha value is -9.58. The zero-order chi connectivity index (χ0) is 99.4. The number of carbonyl (C=O) groups is 8. The lowest BCUT2D eigenvalue weighted by Crippen LogP contribution is -2.72. The van der Waals surface area contributed by atoms with Crippen LogP contribution in [0, 0.1) is 90.7 Å². The van der Waals surface area contributed by atoms with Gasteiger partial charge in [0.2, 0.25) is 11.6 Å². The molecule has 18 aliphatic rings. The van der Waals surface area contributed by atoms with E-state index in [2.05, 4.69) is 55.4 Å². The van der Waals surface area contributed by atoms with Crippen molar-refractivity contribution in [2.45, 2.75) is 333 Å². The minimum absolute atomic E-state index is 0. The normalized spacial score (nSPS) is 45.7. The molecule has 6 aromatic carbocycles. The van der Waals surface area contributed by atoms with Crippen molar-refractivity contribution in [2.24, 2.45) is 90.7 Å². The number of ether oxygens (including phenoxy) is 15. The fourth-order valence-corrected chi connectivity index (χ4v) is 32.8. The molecule has 5 spiro atoms. The van der Waals surface area contributed by atoms with Crippen molar-refractivity contribution < 1.29 is 125 Å². The van der Waals surface area contributed by atoms with Crippen molar-refractivity contribution in [1.82, 2.24) is 0 Å². The van der Waals surface area contributed by atoms with E-state index in [4.69, 9.17) is 71.1 Å². The predicted octanol–water partition coefficient (Wildman–Crippen LogP) is 18.7. The molecular weight excluding hydrogens is 1820 g/mol. The van der Waals surface area contributed by atoms with E-state index in [1.54, 1.807) is 128 Å². The lowest BCUT2D eigenvalue weighted by Gasteiger charge is -2.71. The van der Waals surface area contributed by atoms with Crippen molar-refractivity contribution in [3.63, 3.8) is 0 Å². The molecule has 8 aliphatic heterocycles. The first-order chi connectivity index (χ1) is 66.8. The number of carbonyl (C=O) groups excluding carboxylic acids is 8. The summed E-state index contributed by atoms with van der Waals surface area (Å²) in [6.07, 6.45) is 8.56. The van der Waals surface area contributed by atoms with Crippen molar-refractivity contribution >= 4 is 47.6 Å². The van der Waals surface area contributed by atoms with Gasteiger partial charge in [-0.05, 0) is 228 Å². The molecule has 35 atom stereocenters. The zero-order valence-corrected chi connectivity index (χ0v) is 83.4. The fourth-order valence-electron chi connectivity index (χ4n) is 32.8. The second-order valence-electron chi connectivity index (χ2n) is 47.9. The number of aliphatic hydroxyl groups is 3. The van der Waals surface area contributed by atoms with E-state index in [0.29, 0.717) is 71.9 Å². The molecule has 10 aliphatic carbocycles. The van der Waals surface area contributed by atoms with E-state index in [-0.39, 0.29) is 122 Å². The van der Waals surface area contributed by atoms with E-state index in [0.717, 1.165) is 63.5 Å². The van der Waals surface area contributed by atoms with Crippen molar-refractivity contribution in [3.8, 4) is 0 Å². The van der Waals surface area contributed by atoms with Gasteiger partial charge in [0.15, 0.2) is 11.6 Å². The molecule has 143 heavy (non-hydrogen) atoms. The number of benzene rings is 6. The minimum atomic E-state index is -1.70. The Morgan fingerprint density at radius 1 is 0.448 bits per heavy atom. The Labute approximate surface area is 838 Å². The molecule has 26 nitrogen and oxygen atoms in total. The number of aliphatic hydroxyl groups excluding tert-OH is 1. The first kappa shape index (κ1) is 101. The Morgan fingerprint density at radius 2 is 0.909 bits per heavy atom. The Morgan fingerprint density at radius 3 is 1.41 bits per heavy atom. The summed E-state index contributed by atoms with van der Waals surface area (Å²) in [6.45, 7) is 31.0. The quantitative estimate of drug-likeness (QED) is 0.0409. The van der Waals surface area contributed by atoms with Crippen LogP contribution in [0.5, 0.6) is 0 Å². The van der Waals surface area contributed by atoms with Crippen molar-refractivity contribution in [3.05, 3.63) is 227 Å². The average molecular weight is 1960 g/mol. The molecule has 0 unspecified atom stereocenters. The summed E-state index contributed by atoms with van der Waals surface area (Å²) in [5.41, 5.74) is -6.87. The summed E-state index contributed by atoms with van der Waals surface area (Å²) >= 11 is 0. The highest BCUT2D eigenvalue weighted by Gasteiger charge is 2.99. The van der Waals surface area contributed by atoms with Crippen molar-refractivity contribution in [1.29, 1.82) is 0 Å². The van der Waals surface area contributed by atoms with Crippen LogP contribution in [-0.2, 0) is 80.6 Å². The highest BCUT2D eigenvalue weighted by atomic mass is 16.8. The van der Waals surface area contributed by atoms with Gasteiger partial charge in [0.05, 0.1) is 44.6 Å². The van der Waals surface area contributed by atoms with E-state index >= 15 is 0 Å². The van der Waals surface area contributed by atoms with Crippen LogP contribution in [0.2, 0.25) is 0 Å². The number of fused-ring (bicyclic) bond motifs is 11. The molecule has 3 N–H and O–H groups in total. The third kappa shape index (κ3) is 14.1. The molecule has 0 amide bonds. The number of hydrogen-bond donors (Lipinski definition) is 3. The first-order valence-electron chi connectivity index (χ1n) is 51.3. The topological polar surface area (TPSA) is 346 Å². The Kier molecular flexibility index (Phi) is 23.9. The number of epoxide rings is 3. The summed E-state index contributed by atoms with van der Waals surface area (Å²) in [5, 5.41) is 37.7. The molecule has 6 aromatic rings. The summed E-state index contributed by atoms with van der Waals surface area (Å²) in [6, 6.07) is 53.5. The molecule has 10 saturated carbocycles. The zero-order valence-electron chi connectivity index (χ0n) is 83.4. The molecule has 0 bridgehead atoms. The summed E-state index contributed by atoms with van der Waals surface area (Å²) in [5.74, 6) is -8.08. The van der Waals surface area contributed by atoms with E-state index in [9.17, 15) is 53.7 Å². The molecule has 0 radical (unpaired) electrons. The van der Waals surface area contributed by atoms with Gasteiger partial charge < -0.3 is 86.4 Å². The SMILES string of the molecule is C.C.CC(=O)O[C@H]1CC[C@@]2(C)[C@@](C)(CC[C@H]3[C@]45O[C@H]4[C@]4(O)O[C@]6(CC[C@@](C)(COC(=O)c7ccccc7)O6)[C@@H](C)[C@@H]4[C@@]5(C)[C@H](OC(=O)c4ccccc4)C[C@@]32C)C1.C[C@@H]1[C@]2(O[C@H]3[C@@H]4O[C@@]45[C@@H]4CC[C@@]4(C)C[C@@H](OC(=O)c4ccccc4)[C@]5(C)[C@@]13O)O[C@](C)(COC(=O)c1ccccc1)C[C@H]2O.C[C@H](C1=CC[C@@](C)(COC(=O)c2ccccc2)O1)[C@H]1C(=O)[C@@H]2O[C@@]23[C@@H]2CC[C@@]2(C)C[C@@H](OC(=O)c2ccccc2)[C@]13C. The molecular formula is C117H142O26. The molecule has 8 heterocycles. The van der Waals surface area contributed by atoms with Crippen LogP contribution >= 0.6 is 0 Å². The molecule has 17 fully saturated rings. The lowest BCUT2D eigenvalue weighted by atomic mass is 9.34. The fraction of sp³-hybridized carbons (Fsp3) is 0.607. The maximum Gasteiger partial charge on any atom is 0.338 e. The highest BCUT2D eigenvalue weighted by molar-refractivity contribution is 5.96. The number of allylic oxidation sites excluding steroid dienone is 1. The standard InChI is InChI=1S/C45H56O10.C35H40O9.C35H38O7.2CH4/c1-27-34-42(7)33(52-36(48)30-16-12-9-13-17-30)25-40(5)32(19-20-38(3)24-31(51-28(2)46)18-21-41(38,40)6)44(42)37(53-44)45(34,49)55-43(27)23-22-39(4,54-43)26-50-35(47)29-14-10-8-11-15-29;1-20-33(39)26(43-35(20)24(36)17-31(3,44-35)19-40-28(37)21-11-7-5-8-12-21)27-34(42-27)23-15-16-30(23,2)18-25(32(33,34)4)41-29(38)22-13-9-6-10-14-22;1-21(24-15-18-33(3,41-24)20-39-30(37)22-11-7-5-8-12-22)27-28(36)29-35(42-29)25-16-17-32(25,2)19-26(34(27,35)4)40-31(38)23-13-9-6-10-14-23;;/h8-17,27,31-34,37,49H,18-26H2,1-7H3;5-14,20,23-27,36,39H,15-19H2,1-4H3;5-15,21,25-27,29H,16-20H2,1-4H3;2*1H4/t27-,31-,32+,33+,34+,37+,38-,39-,40-,41-,42+,43+,44-,45+;20-,23+,24+,25+,26-,27-,30-,31-,32+,33+,34-,35-;21-,25-,26-,27+,29+,32+,33+,34-,35+;;/m001../s1. The van der Waals surface area contributed by atoms with Gasteiger partial charge in [0, 0.05) is 66.6 Å². The molecule has 0 aromatic heterocycles. The van der Waals surface area contributed by atoms with Crippen LogP contribution in [-0.4, -0.2) is 194 Å². The van der Waals surface area contributed by atoms with Crippen LogP contribution < -0.4 is 0 Å². The van der Waals surface area contributed by atoms with Crippen LogP contribution in [0.15, 0.2) is 194 Å². The van der Waals surface area contributed by atoms with Gasteiger partial charge in [-0.1, -0.05) is 200 Å². The monoisotopic (exact) mass is 1960 g/mol. The first-order valence-corrected chi connectivity index (χ1v) is 51.3. The van der Waals surface area contributed by atoms with E-state index in [1.165, 1.54) is 6.92 Å². The van der Waals surface area contributed by atoms with Gasteiger partial charge in [-0.2, -0.15) is 0 Å². The highest BCUT2D eigenvalue weighted by Crippen LogP contribution is 2.88. The largest absolute Gasteiger partial charge is 0.488 e. The second kappa shape index (κ2) is 34.0. The third-order valence-electron chi connectivity index (χ3n) is 40.6. The Balaban J connectivity index is 0.000000132. The maximum absolute atomic E-state index is 14.1. The van der Waals surface area contributed by atoms with Crippen molar-refractivity contribution in [2.75, 3.05) is 19.8 Å². The summed E-state index contributed by atoms with van der Waals surface area (Å²) < 4.78 is 96.0. The molecule has 24 rings (SSSR count). The minimum Gasteiger partial charge on any atom is -0.488 e. The Bertz CT molecular complexity index is 6030. The number of esters is 7. The van der Waals surface area contributed by atoms with Gasteiger partial charge in [-0.25, -0.2) is 28.8 Å². The van der Waals surface area contributed by atoms with Gasteiger partial charge in [0.25, 0.3) is 0 Å². The number of Topliss-reactive ketones (excluding diaryl/α,β-unsaturated/α-hetero) is 1. The third-order valence-corrected chi connectivity index (χ3v) is 40.6. The summed E-state index contributed by atoms with van der Waals surface area (Å²) in [7, 11) is 0. The van der Waals surface area contributed by atoms with Gasteiger partial charge in [0.1, 0.15) is 114 Å². The number of ketones is 1. The predicted molar refractivity (Wildman–Crippen MR) is 521 cm³/mol. The summed E-state index contributed by atoms with van der Waals surface area (Å²) in [4.78, 5) is 105. The maximum atomic E-state index is 14.1. The average Bonchev–Trinajstić information content (AvgIpc) is 1.43. The van der Waals surface area contributed by atoms with Gasteiger partial charge in [-0.3, -0.25) is 9.59 Å². The van der Waals surface area contributed by atoms with Gasteiger partial charge >= 0.3 is 41.8 Å². The smallest absolute Gasteiger partial charge is 0.338 e. The molecule has 766 valence electrons. The van der Waals surface area contributed by atoms with Crippen LogP contribution in [0.3, 0.4) is 0 Å². The molecule has 7 saturated heterocycles. The van der Waals surface area contributed by atoms with E-state index < -0.39 is 169 Å². The number of hydrogen-bond acceptors (Lipinski definition) is 26.